The number of hydrogen-bond donors (Lipinski definition) is 2. The fourth-order valence-corrected chi connectivity index (χ4v) is 3.45. The lowest BCUT2D eigenvalue weighted by Crippen LogP contribution is -2.37. The first-order chi connectivity index (χ1) is 14.5. The Bertz CT molecular complexity index is 559. The van der Waals surface area contributed by atoms with Gasteiger partial charge in [0.15, 0.2) is 0 Å². The van der Waals surface area contributed by atoms with Crippen molar-refractivity contribution in [3.63, 3.8) is 0 Å². The second-order valence-electron chi connectivity index (χ2n) is 7.90. The zero-order chi connectivity index (χ0) is 21.8. The van der Waals surface area contributed by atoms with Crippen molar-refractivity contribution in [1.82, 2.24) is 0 Å². The Hall–Kier alpha value is -1.52. The van der Waals surface area contributed by atoms with Gasteiger partial charge in [0, 0.05) is 0 Å². The van der Waals surface area contributed by atoms with Crippen molar-refractivity contribution in [2.24, 2.45) is 23.2 Å². The molecule has 0 saturated heterocycles. The van der Waals surface area contributed by atoms with Gasteiger partial charge in [-0.2, -0.15) is 0 Å². The van der Waals surface area contributed by atoms with Crippen molar-refractivity contribution in [3.05, 3.63) is 12.2 Å². The first-order valence-electron chi connectivity index (χ1n) is 10.5. The maximum Gasteiger partial charge on any atom is 0.316 e. The van der Waals surface area contributed by atoms with E-state index in [0.717, 1.165) is 12.8 Å². The predicted molar refractivity (Wildman–Crippen MR) is 105 cm³/mol. The monoisotopic (exact) mass is 430 g/mol. The largest absolute Gasteiger partial charge is 0.463 e. The normalized spacial score (nSPS) is 22.4. The standard InChI is InChI=1S/C21H34O9/c1-21(14-22,15-23)20(25)30-11-9-28-7-5-26-4-6-27-8-10-29-19(24)18-13-16-2-3-17(18)12-16/h2-3,16-18,22-23H,4-15H2,1H3. The molecule has 1 fully saturated rings. The highest BCUT2D eigenvalue weighted by atomic mass is 16.6. The molecule has 0 heterocycles. The molecule has 0 spiro atoms. The Morgan fingerprint density at radius 2 is 1.37 bits per heavy atom. The van der Waals surface area contributed by atoms with Crippen LogP contribution in [0.4, 0.5) is 0 Å². The van der Waals surface area contributed by atoms with Crippen LogP contribution in [0.25, 0.3) is 0 Å². The van der Waals surface area contributed by atoms with E-state index >= 15 is 0 Å². The molecule has 0 aromatic carbocycles. The average molecular weight is 430 g/mol. The van der Waals surface area contributed by atoms with Gasteiger partial charge in [0.25, 0.3) is 0 Å². The number of carbonyl (C=O) groups excluding carboxylic acids is 2. The Balaban J connectivity index is 1.33. The highest BCUT2D eigenvalue weighted by Gasteiger charge is 2.40. The fourth-order valence-electron chi connectivity index (χ4n) is 3.45. The molecule has 30 heavy (non-hydrogen) atoms. The van der Waals surface area contributed by atoms with E-state index in [2.05, 4.69) is 12.2 Å². The fraction of sp³-hybridized carbons (Fsp3) is 0.810. The van der Waals surface area contributed by atoms with Crippen molar-refractivity contribution in [2.75, 3.05) is 66.1 Å². The number of ether oxygens (including phenoxy) is 5. The first-order valence-corrected chi connectivity index (χ1v) is 10.5. The molecule has 0 aliphatic heterocycles. The van der Waals surface area contributed by atoms with Crippen LogP contribution in [0.15, 0.2) is 12.2 Å². The summed E-state index contributed by atoms with van der Waals surface area (Å²) in [5.41, 5.74) is -1.30. The molecule has 0 aromatic heterocycles. The topological polar surface area (TPSA) is 121 Å². The van der Waals surface area contributed by atoms with Gasteiger partial charge in [-0.3, -0.25) is 9.59 Å². The van der Waals surface area contributed by atoms with E-state index in [0.29, 0.717) is 44.9 Å². The van der Waals surface area contributed by atoms with Crippen LogP contribution in [0.2, 0.25) is 0 Å². The maximum absolute atomic E-state index is 12.0. The molecule has 0 aromatic rings. The molecule has 9 nitrogen and oxygen atoms in total. The van der Waals surface area contributed by atoms with E-state index in [1.165, 1.54) is 6.92 Å². The minimum Gasteiger partial charge on any atom is -0.463 e. The lowest BCUT2D eigenvalue weighted by atomic mass is 9.93. The summed E-state index contributed by atoms with van der Waals surface area (Å²) in [6.07, 6.45) is 6.32. The van der Waals surface area contributed by atoms with Gasteiger partial charge in [-0.25, -0.2) is 0 Å². The van der Waals surface area contributed by atoms with Gasteiger partial charge in [-0.15, -0.1) is 0 Å². The summed E-state index contributed by atoms with van der Waals surface area (Å²) in [6, 6.07) is 0. The van der Waals surface area contributed by atoms with Gasteiger partial charge in [0.2, 0.25) is 0 Å². The Morgan fingerprint density at radius 3 is 1.83 bits per heavy atom. The highest BCUT2D eigenvalue weighted by molar-refractivity contribution is 5.76. The third kappa shape index (κ3) is 7.63. The molecule has 172 valence electrons. The van der Waals surface area contributed by atoms with E-state index in [1.54, 1.807) is 0 Å². The maximum atomic E-state index is 12.0. The summed E-state index contributed by atoms with van der Waals surface area (Å²) in [5.74, 6) is 0.135. The minimum absolute atomic E-state index is 0.0146. The third-order valence-electron chi connectivity index (χ3n) is 5.45. The molecule has 2 rings (SSSR count). The number of rotatable bonds is 16. The SMILES string of the molecule is CC(CO)(CO)C(=O)OCCOCCOCCOCCOC(=O)C1CC2C=CC1C2. The lowest BCUT2D eigenvalue weighted by Gasteiger charge is -2.22. The van der Waals surface area contributed by atoms with E-state index < -0.39 is 24.6 Å². The van der Waals surface area contributed by atoms with Crippen LogP contribution in [0, 0.1) is 23.2 Å². The van der Waals surface area contributed by atoms with Crippen LogP contribution < -0.4 is 0 Å². The summed E-state index contributed by atoms with van der Waals surface area (Å²) in [4.78, 5) is 23.7. The molecule has 0 radical (unpaired) electrons. The number of hydrogen-bond acceptors (Lipinski definition) is 9. The van der Waals surface area contributed by atoms with E-state index in [1.807, 2.05) is 0 Å². The molecular weight excluding hydrogens is 396 g/mol. The van der Waals surface area contributed by atoms with Crippen molar-refractivity contribution < 1.29 is 43.5 Å². The average Bonchev–Trinajstić information content (AvgIpc) is 3.39. The molecular formula is C21H34O9. The van der Waals surface area contributed by atoms with Gasteiger partial charge in [0.1, 0.15) is 18.6 Å². The smallest absolute Gasteiger partial charge is 0.316 e. The highest BCUT2D eigenvalue weighted by Crippen LogP contribution is 2.43. The number of fused-ring (bicyclic) bond motifs is 2. The van der Waals surface area contributed by atoms with Crippen LogP contribution in [-0.2, 0) is 33.3 Å². The third-order valence-corrected chi connectivity index (χ3v) is 5.45. The molecule has 3 atom stereocenters. The number of carbonyl (C=O) groups is 2. The summed E-state index contributed by atoms with van der Waals surface area (Å²) >= 11 is 0. The van der Waals surface area contributed by atoms with Gasteiger partial charge in [-0.05, 0) is 31.6 Å². The van der Waals surface area contributed by atoms with Crippen molar-refractivity contribution in [2.45, 2.75) is 19.8 Å². The molecule has 2 aliphatic carbocycles. The molecule has 2 N–H and O–H groups in total. The Morgan fingerprint density at radius 1 is 0.833 bits per heavy atom. The van der Waals surface area contributed by atoms with Gasteiger partial charge >= 0.3 is 11.9 Å². The van der Waals surface area contributed by atoms with Gasteiger partial charge in [0.05, 0.1) is 58.8 Å². The van der Waals surface area contributed by atoms with Crippen molar-refractivity contribution >= 4 is 11.9 Å². The zero-order valence-corrected chi connectivity index (χ0v) is 17.6. The van der Waals surface area contributed by atoms with Gasteiger partial charge in [-0.1, -0.05) is 12.2 Å². The minimum atomic E-state index is -1.30. The van der Waals surface area contributed by atoms with Crippen LogP contribution in [0.5, 0.6) is 0 Å². The molecule has 0 amide bonds. The van der Waals surface area contributed by atoms with Crippen molar-refractivity contribution in [3.8, 4) is 0 Å². The van der Waals surface area contributed by atoms with E-state index in [4.69, 9.17) is 33.9 Å². The number of allylic oxidation sites excluding steroid dienone is 2. The molecule has 9 heteroatoms. The Kier molecular flexibility index (Phi) is 10.7. The number of esters is 2. The molecule has 1 saturated carbocycles. The first kappa shape index (κ1) is 24.7. The quantitative estimate of drug-likeness (QED) is 0.203. The predicted octanol–water partition coefficient (Wildman–Crippen LogP) is 0.326. The zero-order valence-electron chi connectivity index (χ0n) is 17.6. The van der Waals surface area contributed by atoms with Crippen LogP contribution in [-0.4, -0.2) is 88.2 Å². The molecule has 2 aliphatic rings. The van der Waals surface area contributed by atoms with Crippen LogP contribution in [0.1, 0.15) is 19.8 Å². The van der Waals surface area contributed by atoms with E-state index in [-0.39, 0.29) is 31.7 Å². The summed E-state index contributed by atoms with van der Waals surface area (Å²) in [6.45, 7) is 2.78. The number of aliphatic hydroxyl groups is 2. The second kappa shape index (κ2) is 13.0. The van der Waals surface area contributed by atoms with Crippen LogP contribution >= 0.6 is 0 Å². The molecule has 2 bridgehead atoms. The second-order valence-corrected chi connectivity index (χ2v) is 7.90. The number of aliphatic hydroxyl groups excluding tert-OH is 2. The van der Waals surface area contributed by atoms with Crippen molar-refractivity contribution in [1.29, 1.82) is 0 Å². The summed E-state index contributed by atoms with van der Waals surface area (Å²) < 4.78 is 26.2. The summed E-state index contributed by atoms with van der Waals surface area (Å²) in [7, 11) is 0. The Labute approximate surface area is 177 Å². The summed E-state index contributed by atoms with van der Waals surface area (Å²) in [5, 5.41) is 18.2. The van der Waals surface area contributed by atoms with E-state index in [9.17, 15) is 9.59 Å². The lowest BCUT2D eigenvalue weighted by molar-refractivity contribution is -0.161. The van der Waals surface area contributed by atoms with Gasteiger partial charge < -0.3 is 33.9 Å². The van der Waals surface area contributed by atoms with Crippen LogP contribution in [0.3, 0.4) is 0 Å². The molecule has 3 unspecified atom stereocenters.